The highest BCUT2D eigenvalue weighted by Crippen LogP contribution is 2.24. The third kappa shape index (κ3) is 4.93. The molecule has 0 radical (unpaired) electrons. The number of nitrogens with one attached hydrogen (secondary N) is 2. The molecule has 5 heteroatoms. The Balaban J connectivity index is 1.38. The van der Waals surface area contributed by atoms with Crippen molar-refractivity contribution in [1.82, 2.24) is 10.3 Å². The van der Waals surface area contributed by atoms with E-state index in [1.54, 1.807) is 12.4 Å². The molecular formula is C24H26N4O. The second-order valence-electron chi connectivity index (χ2n) is 7.50. The lowest BCUT2D eigenvalue weighted by Gasteiger charge is -2.18. The molecule has 3 aromatic rings. The van der Waals surface area contributed by atoms with Crippen molar-refractivity contribution in [3.05, 3.63) is 83.7 Å². The van der Waals surface area contributed by atoms with E-state index in [0.29, 0.717) is 12.1 Å². The van der Waals surface area contributed by atoms with Crippen LogP contribution in [0.4, 0.5) is 17.1 Å². The Kier molecular flexibility index (Phi) is 5.75. The molecule has 0 saturated carbocycles. The zero-order valence-electron chi connectivity index (χ0n) is 16.7. The topological polar surface area (TPSA) is 57.3 Å². The van der Waals surface area contributed by atoms with Crippen molar-refractivity contribution in [2.24, 2.45) is 0 Å². The highest BCUT2D eigenvalue weighted by Gasteiger charge is 2.12. The van der Waals surface area contributed by atoms with Crippen molar-refractivity contribution in [2.45, 2.75) is 26.3 Å². The third-order valence-electron chi connectivity index (χ3n) is 5.16. The van der Waals surface area contributed by atoms with Gasteiger partial charge in [-0.25, -0.2) is 0 Å². The summed E-state index contributed by atoms with van der Waals surface area (Å²) in [5.74, 6) is -0.132. The maximum absolute atomic E-state index is 12.5. The van der Waals surface area contributed by atoms with Crippen LogP contribution in [0.3, 0.4) is 0 Å². The fourth-order valence-electron chi connectivity index (χ4n) is 3.64. The molecule has 1 aromatic heterocycles. The summed E-state index contributed by atoms with van der Waals surface area (Å²) in [5.41, 5.74) is 5.83. The lowest BCUT2D eigenvalue weighted by Crippen LogP contribution is -2.23. The smallest absolute Gasteiger partial charge is 0.253 e. The Morgan fingerprint density at radius 3 is 2.55 bits per heavy atom. The first-order valence-electron chi connectivity index (χ1n) is 10.1. The van der Waals surface area contributed by atoms with Crippen LogP contribution in [0.25, 0.3) is 0 Å². The van der Waals surface area contributed by atoms with E-state index in [9.17, 15) is 4.79 Å². The van der Waals surface area contributed by atoms with Gasteiger partial charge in [0, 0.05) is 37.2 Å². The third-order valence-corrected chi connectivity index (χ3v) is 5.16. The minimum atomic E-state index is -0.132. The van der Waals surface area contributed by atoms with Gasteiger partial charge < -0.3 is 15.5 Å². The Bertz CT molecular complexity index is 978. The fourth-order valence-corrected chi connectivity index (χ4v) is 3.64. The molecular weight excluding hydrogens is 360 g/mol. The molecule has 1 aliphatic heterocycles. The van der Waals surface area contributed by atoms with Gasteiger partial charge in [0.2, 0.25) is 0 Å². The lowest BCUT2D eigenvalue weighted by molar-refractivity contribution is 0.0950. The Hall–Kier alpha value is -3.34. The molecule has 1 fully saturated rings. The number of anilines is 3. The Morgan fingerprint density at radius 2 is 1.79 bits per heavy atom. The highest BCUT2D eigenvalue weighted by atomic mass is 16.1. The van der Waals surface area contributed by atoms with E-state index in [-0.39, 0.29) is 5.91 Å². The summed E-state index contributed by atoms with van der Waals surface area (Å²) in [7, 11) is 0. The number of carbonyl (C=O) groups excluding carboxylic acids is 1. The van der Waals surface area contributed by atoms with Gasteiger partial charge in [-0.15, -0.1) is 0 Å². The minimum absolute atomic E-state index is 0.132. The number of carbonyl (C=O) groups is 1. The van der Waals surface area contributed by atoms with Gasteiger partial charge in [-0.05, 0) is 55.7 Å². The van der Waals surface area contributed by atoms with Crippen LogP contribution < -0.4 is 15.5 Å². The van der Waals surface area contributed by atoms with Gasteiger partial charge in [-0.2, -0.15) is 0 Å². The first-order valence-corrected chi connectivity index (χ1v) is 10.1. The first kappa shape index (κ1) is 19.0. The van der Waals surface area contributed by atoms with E-state index in [1.807, 2.05) is 31.2 Å². The van der Waals surface area contributed by atoms with Crippen molar-refractivity contribution in [3.63, 3.8) is 0 Å². The van der Waals surface area contributed by atoms with Crippen molar-refractivity contribution in [3.8, 4) is 0 Å². The van der Waals surface area contributed by atoms with E-state index in [4.69, 9.17) is 0 Å². The Morgan fingerprint density at radius 1 is 1.00 bits per heavy atom. The van der Waals surface area contributed by atoms with Crippen LogP contribution in [0.15, 0.2) is 67.0 Å². The zero-order valence-corrected chi connectivity index (χ0v) is 16.7. The molecule has 29 heavy (non-hydrogen) atoms. The van der Waals surface area contributed by atoms with Crippen molar-refractivity contribution >= 4 is 23.0 Å². The maximum Gasteiger partial charge on any atom is 0.253 e. The molecule has 2 aromatic carbocycles. The van der Waals surface area contributed by atoms with Gasteiger partial charge in [0.25, 0.3) is 5.91 Å². The van der Waals surface area contributed by atoms with Crippen molar-refractivity contribution < 1.29 is 4.79 Å². The lowest BCUT2D eigenvalue weighted by atomic mass is 10.1. The number of aryl methyl sites for hydroxylation is 1. The summed E-state index contributed by atoms with van der Waals surface area (Å²) in [6.07, 6.45) is 5.85. The minimum Gasteiger partial charge on any atom is -0.372 e. The second kappa shape index (κ2) is 8.78. The quantitative estimate of drug-likeness (QED) is 0.647. The number of rotatable bonds is 6. The number of aromatic nitrogens is 1. The van der Waals surface area contributed by atoms with Gasteiger partial charge in [0.15, 0.2) is 0 Å². The molecule has 1 saturated heterocycles. The summed E-state index contributed by atoms with van der Waals surface area (Å²) in [6.45, 7) is 4.81. The molecule has 0 atom stereocenters. The molecule has 1 amide bonds. The van der Waals surface area contributed by atoms with Gasteiger partial charge in [-0.1, -0.05) is 29.8 Å². The molecule has 0 unspecified atom stereocenters. The normalized spacial score (nSPS) is 13.3. The molecule has 0 bridgehead atoms. The summed E-state index contributed by atoms with van der Waals surface area (Å²) < 4.78 is 0. The molecule has 0 aliphatic carbocycles. The molecule has 1 aliphatic rings. The zero-order chi connectivity index (χ0) is 20.1. The van der Waals surface area contributed by atoms with Crippen LogP contribution in [0.2, 0.25) is 0 Å². The number of hydrogen-bond acceptors (Lipinski definition) is 4. The largest absolute Gasteiger partial charge is 0.372 e. The maximum atomic E-state index is 12.5. The predicted octanol–water partition coefficient (Wildman–Crippen LogP) is 4.66. The van der Waals surface area contributed by atoms with Crippen LogP contribution in [0, 0.1) is 6.92 Å². The molecule has 0 spiro atoms. The van der Waals surface area contributed by atoms with Crippen LogP contribution in [-0.2, 0) is 6.54 Å². The van der Waals surface area contributed by atoms with Crippen molar-refractivity contribution in [2.75, 3.05) is 23.3 Å². The number of benzene rings is 2. The molecule has 148 valence electrons. The molecule has 2 heterocycles. The van der Waals surface area contributed by atoms with E-state index in [0.717, 1.165) is 30.0 Å². The monoisotopic (exact) mass is 386 g/mol. The highest BCUT2D eigenvalue weighted by molar-refractivity contribution is 5.94. The standard InChI is InChI=1S/C24H26N4O/c1-18-5-4-6-19(13-18)15-26-24(29)20-14-22(17-25-16-20)27-21-7-9-23(10-8-21)28-11-2-3-12-28/h4-10,13-14,16-17,27H,2-3,11-12,15H2,1H3,(H,26,29). The SMILES string of the molecule is Cc1cccc(CNC(=O)c2cncc(Nc3ccc(N4CCCC4)cc3)c2)c1. The fraction of sp³-hybridized carbons (Fsp3) is 0.250. The second-order valence-corrected chi connectivity index (χ2v) is 7.50. The van der Waals surface area contributed by atoms with Gasteiger partial charge in [0.1, 0.15) is 0 Å². The Labute approximate surface area is 171 Å². The molecule has 2 N–H and O–H groups in total. The van der Waals surface area contributed by atoms with Gasteiger partial charge in [-0.3, -0.25) is 9.78 Å². The van der Waals surface area contributed by atoms with E-state index < -0.39 is 0 Å². The van der Waals surface area contributed by atoms with Crippen LogP contribution in [0.1, 0.15) is 34.3 Å². The average Bonchev–Trinajstić information content (AvgIpc) is 3.28. The number of pyridine rings is 1. The summed E-state index contributed by atoms with van der Waals surface area (Å²) in [5, 5.41) is 6.30. The number of amides is 1. The summed E-state index contributed by atoms with van der Waals surface area (Å²) in [4.78, 5) is 19.1. The average molecular weight is 386 g/mol. The van der Waals surface area contributed by atoms with Crippen LogP contribution >= 0.6 is 0 Å². The molecule has 4 rings (SSSR count). The van der Waals surface area contributed by atoms with Gasteiger partial charge in [0.05, 0.1) is 17.4 Å². The first-order chi connectivity index (χ1) is 14.2. The van der Waals surface area contributed by atoms with E-state index >= 15 is 0 Å². The number of nitrogens with zero attached hydrogens (tertiary/aromatic N) is 2. The van der Waals surface area contributed by atoms with Gasteiger partial charge >= 0.3 is 0 Å². The van der Waals surface area contributed by atoms with E-state index in [2.05, 4.69) is 50.8 Å². The predicted molar refractivity (Wildman–Crippen MR) is 118 cm³/mol. The summed E-state index contributed by atoms with van der Waals surface area (Å²) in [6, 6.07) is 18.4. The van der Waals surface area contributed by atoms with Crippen molar-refractivity contribution in [1.29, 1.82) is 0 Å². The number of hydrogen-bond donors (Lipinski definition) is 2. The van der Waals surface area contributed by atoms with Crippen LogP contribution in [0.5, 0.6) is 0 Å². The van der Waals surface area contributed by atoms with E-state index in [1.165, 1.54) is 24.1 Å². The van der Waals surface area contributed by atoms with Crippen LogP contribution in [-0.4, -0.2) is 24.0 Å². The molecule has 5 nitrogen and oxygen atoms in total. The summed E-state index contributed by atoms with van der Waals surface area (Å²) >= 11 is 0.